The lowest BCUT2D eigenvalue weighted by Gasteiger charge is -2.36. The van der Waals surface area contributed by atoms with Crippen LogP contribution >= 0.6 is 0 Å². The molecule has 0 spiro atoms. The highest BCUT2D eigenvalue weighted by Crippen LogP contribution is 2.36. The average molecular weight is 441 g/mol. The van der Waals surface area contributed by atoms with Gasteiger partial charge in [0.2, 0.25) is 0 Å². The highest BCUT2D eigenvalue weighted by Gasteiger charge is 2.44. The summed E-state index contributed by atoms with van der Waals surface area (Å²) < 4.78 is 28.4. The number of halogens is 2. The Morgan fingerprint density at radius 1 is 0.906 bits per heavy atom. The maximum atomic E-state index is 14.5. The van der Waals surface area contributed by atoms with Crippen LogP contribution in [0.3, 0.4) is 0 Å². The van der Waals surface area contributed by atoms with E-state index in [4.69, 9.17) is 0 Å². The Labute approximate surface area is 185 Å². The summed E-state index contributed by atoms with van der Waals surface area (Å²) in [4.78, 5) is 31.6. The summed E-state index contributed by atoms with van der Waals surface area (Å²) in [6.45, 7) is 6.61. The van der Waals surface area contributed by atoms with Crippen LogP contribution in [-0.2, 0) is 9.59 Å². The van der Waals surface area contributed by atoms with Crippen LogP contribution < -0.4 is 4.90 Å². The number of imide groups is 1. The lowest BCUT2D eigenvalue weighted by molar-refractivity contribution is -0.120. The number of aryl methyl sites for hydroxylation is 2. The minimum atomic E-state index is -0.846. The molecule has 2 aromatic carbocycles. The second kappa shape index (κ2) is 8.80. The van der Waals surface area contributed by atoms with Crippen molar-refractivity contribution in [3.8, 4) is 0 Å². The molecule has 2 aliphatic rings. The topological polar surface area (TPSA) is 64.1 Å². The van der Waals surface area contributed by atoms with E-state index in [1.54, 1.807) is 6.07 Å². The van der Waals surface area contributed by atoms with Crippen LogP contribution in [0.1, 0.15) is 16.7 Å². The van der Waals surface area contributed by atoms with Gasteiger partial charge < -0.3 is 10.0 Å². The van der Waals surface area contributed by atoms with Crippen molar-refractivity contribution in [2.75, 3.05) is 44.2 Å². The Balaban J connectivity index is 1.79. The zero-order valence-corrected chi connectivity index (χ0v) is 18.1. The number of anilines is 1. The van der Waals surface area contributed by atoms with E-state index in [2.05, 4.69) is 4.90 Å². The standard InChI is InChI=1S/C24H25F2N3O3/c1-15-3-4-17(13-16(15)2)21-22(28-9-7-27(8-10-28)11-12-30)24(32)29(23(21)31)20-14-18(25)5-6-19(20)26/h3-6,13-14,30H,7-12H2,1-2H3. The molecule has 32 heavy (non-hydrogen) atoms. The van der Waals surface area contributed by atoms with Crippen LogP contribution in [-0.4, -0.2) is 66.1 Å². The van der Waals surface area contributed by atoms with Gasteiger partial charge >= 0.3 is 0 Å². The number of aliphatic hydroxyl groups excluding tert-OH is 1. The van der Waals surface area contributed by atoms with E-state index in [0.29, 0.717) is 38.3 Å². The van der Waals surface area contributed by atoms with Gasteiger partial charge in [-0.05, 0) is 42.7 Å². The van der Waals surface area contributed by atoms with Gasteiger partial charge in [0, 0.05) is 38.8 Å². The van der Waals surface area contributed by atoms with Crippen molar-refractivity contribution >= 4 is 23.1 Å². The number of hydrogen-bond donors (Lipinski definition) is 1. The van der Waals surface area contributed by atoms with E-state index < -0.39 is 29.1 Å². The Morgan fingerprint density at radius 3 is 2.28 bits per heavy atom. The van der Waals surface area contributed by atoms with Crippen LogP contribution in [0, 0.1) is 25.5 Å². The van der Waals surface area contributed by atoms with E-state index in [-0.39, 0.29) is 17.9 Å². The first-order chi connectivity index (χ1) is 15.3. The van der Waals surface area contributed by atoms with Crippen LogP contribution in [0.25, 0.3) is 5.57 Å². The van der Waals surface area contributed by atoms with Gasteiger partial charge in [0.25, 0.3) is 11.8 Å². The van der Waals surface area contributed by atoms with Crippen molar-refractivity contribution in [2.45, 2.75) is 13.8 Å². The normalized spacial score (nSPS) is 17.7. The Morgan fingerprint density at radius 2 is 1.62 bits per heavy atom. The number of β-amino-alcohol motifs (C(OH)–C–C–N with tert-alkyl or cyclic N) is 1. The number of nitrogens with zero attached hydrogens (tertiary/aromatic N) is 3. The summed E-state index contributed by atoms with van der Waals surface area (Å²) in [6, 6.07) is 8.21. The van der Waals surface area contributed by atoms with Gasteiger partial charge in [-0.3, -0.25) is 14.5 Å². The molecule has 6 nitrogen and oxygen atoms in total. The number of hydrogen-bond acceptors (Lipinski definition) is 5. The second-order valence-electron chi connectivity index (χ2n) is 8.12. The minimum absolute atomic E-state index is 0.0423. The zero-order valence-electron chi connectivity index (χ0n) is 18.1. The van der Waals surface area contributed by atoms with Gasteiger partial charge in [0.05, 0.1) is 17.9 Å². The summed E-state index contributed by atoms with van der Waals surface area (Å²) in [7, 11) is 0. The third kappa shape index (κ3) is 3.91. The molecule has 0 atom stereocenters. The molecule has 1 N–H and O–H groups in total. The smallest absolute Gasteiger partial charge is 0.282 e. The fraction of sp³-hybridized carbons (Fsp3) is 0.333. The molecule has 1 saturated heterocycles. The van der Waals surface area contributed by atoms with Crippen molar-refractivity contribution in [2.24, 2.45) is 0 Å². The molecule has 0 radical (unpaired) electrons. The number of carbonyl (C=O) groups excluding carboxylic acids is 2. The Hall–Kier alpha value is -3.10. The van der Waals surface area contributed by atoms with E-state index >= 15 is 0 Å². The molecule has 0 aromatic heterocycles. The predicted octanol–water partition coefficient (Wildman–Crippen LogP) is 2.48. The molecule has 2 heterocycles. The molecule has 8 heteroatoms. The first kappa shape index (κ1) is 22.1. The molecular formula is C24H25F2N3O3. The van der Waals surface area contributed by atoms with Gasteiger partial charge in [0.1, 0.15) is 17.3 Å². The molecule has 4 rings (SSSR count). The lowest BCUT2D eigenvalue weighted by atomic mass is 9.99. The molecule has 2 aromatic rings. The molecule has 0 saturated carbocycles. The quantitative estimate of drug-likeness (QED) is 0.723. The summed E-state index contributed by atoms with van der Waals surface area (Å²) in [5.74, 6) is -2.92. The van der Waals surface area contributed by atoms with E-state index in [1.165, 1.54) is 0 Å². The lowest BCUT2D eigenvalue weighted by Crippen LogP contribution is -2.48. The third-order valence-electron chi connectivity index (χ3n) is 6.11. The van der Waals surface area contributed by atoms with Crippen LogP contribution in [0.5, 0.6) is 0 Å². The van der Waals surface area contributed by atoms with Crippen LogP contribution in [0.2, 0.25) is 0 Å². The maximum Gasteiger partial charge on any atom is 0.282 e. The van der Waals surface area contributed by atoms with E-state index in [1.807, 2.05) is 30.9 Å². The SMILES string of the molecule is Cc1ccc(C2=C(N3CCN(CCO)CC3)C(=O)N(c3cc(F)ccc3F)C2=O)cc1C. The zero-order chi connectivity index (χ0) is 23.0. The van der Waals surface area contributed by atoms with Gasteiger partial charge in [-0.25, -0.2) is 13.7 Å². The number of amides is 2. The fourth-order valence-electron chi connectivity index (χ4n) is 4.18. The van der Waals surface area contributed by atoms with Crippen LogP contribution in [0.4, 0.5) is 14.5 Å². The molecule has 1 fully saturated rings. The van der Waals surface area contributed by atoms with Gasteiger partial charge in [0.15, 0.2) is 0 Å². The molecule has 168 valence electrons. The summed E-state index contributed by atoms with van der Waals surface area (Å²) >= 11 is 0. The minimum Gasteiger partial charge on any atom is -0.395 e. The number of rotatable bonds is 5. The largest absolute Gasteiger partial charge is 0.395 e. The van der Waals surface area contributed by atoms with Crippen molar-refractivity contribution in [3.63, 3.8) is 0 Å². The number of aliphatic hydroxyl groups is 1. The highest BCUT2D eigenvalue weighted by molar-refractivity contribution is 6.45. The Bertz CT molecular complexity index is 1110. The molecule has 0 bridgehead atoms. The first-order valence-corrected chi connectivity index (χ1v) is 10.6. The van der Waals surface area contributed by atoms with Gasteiger partial charge in [-0.1, -0.05) is 18.2 Å². The van der Waals surface area contributed by atoms with E-state index in [9.17, 15) is 23.5 Å². The molecule has 2 amide bonds. The van der Waals surface area contributed by atoms with Crippen molar-refractivity contribution in [1.29, 1.82) is 0 Å². The summed E-state index contributed by atoms with van der Waals surface area (Å²) in [6.07, 6.45) is 0. The maximum absolute atomic E-state index is 14.5. The highest BCUT2D eigenvalue weighted by atomic mass is 19.1. The van der Waals surface area contributed by atoms with Crippen molar-refractivity contribution in [3.05, 3.63) is 70.4 Å². The monoisotopic (exact) mass is 441 g/mol. The fourth-order valence-corrected chi connectivity index (χ4v) is 4.18. The third-order valence-corrected chi connectivity index (χ3v) is 6.11. The van der Waals surface area contributed by atoms with Gasteiger partial charge in [-0.15, -0.1) is 0 Å². The summed E-state index contributed by atoms with van der Waals surface area (Å²) in [5, 5.41) is 9.18. The first-order valence-electron chi connectivity index (χ1n) is 10.6. The number of benzene rings is 2. The Kier molecular flexibility index (Phi) is 6.08. The predicted molar refractivity (Wildman–Crippen MR) is 117 cm³/mol. The molecule has 0 aliphatic carbocycles. The number of carbonyl (C=O) groups is 2. The second-order valence-corrected chi connectivity index (χ2v) is 8.12. The van der Waals surface area contributed by atoms with Crippen LogP contribution in [0.15, 0.2) is 42.1 Å². The molecule has 2 aliphatic heterocycles. The van der Waals surface area contributed by atoms with Crippen molar-refractivity contribution < 1.29 is 23.5 Å². The molecule has 0 unspecified atom stereocenters. The number of piperazine rings is 1. The average Bonchev–Trinajstić information content (AvgIpc) is 3.03. The van der Waals surface area contributed by atoms with Crippen molar-refractivity contribution in [1.82, 2.24) is 9.80 Å². The molecular weight excluding hydrogens is 416 g/mol. The summed E-state index contributed by atoms with van der Waals surface area (Å²) in [5.41, 5.74) is 2.56. The van der Waals surface area contributed by atoms with Gasteiger partial charge in [-0.2, -0.15) is 0 Å². The van der Waals surface area contributed by atoms with E-state index in [0.717, 1.165) is 34.2 Å².